The van der Waals surface area contributed by atoms with Gasteiger partial charge in [-0.1, -0.05) is 0 Å². The van der Waals surface area contributed by atoms with Gasteiger partial charge in [-0.15, -0.1) is 0 Å². The second-order valence-corrected chi connectivity index (χ2v) is 6.44. The Hall–Kier alpha value is -1.82. The summed E-state index contributed by atoms with van der Waals surface area (Å²) in [5, 5.41) is 0. The molecule has 128 valence electrons. The van der Waals surface area contributed by atoms with Crippen molar-refractivity contribution < 1.29 is 14.3 Å². The largest absolute Gasteiger partial charge is 0.491 e. The number of nitrogens with zero attached hydrogens (tertiary/aromatic N) is 2. The van der Waals surface area contributed by atoms with Crippen molar-refractivity contribution in [1.82, 2.24) is 9.47 Å². The number of ether oxygens (including phenoxy) is 2. The molecule has 1 aromatic rings. The zero-order chi connectivity index (χ0) is 17.0. The third-order valence-electron chi connectivity index (χ3n) is 4.28. The fourth-order valence-electron chi connectivity index (χ4n) is 3.14. The fourth-order valence-corrected chi connectivity index (χ4v) is 3.14. The molecule has 0 N–H and O–H groups in total. The summed E-state index contributed by atoms with van der Waals surface area (Å²) in [7, 11) is 1.45. The normalized spacial score (nSPS) is 20.1. The molecule has 0 aromatic carbocycles. The predicted molar refractivity (Wildman–Crippen MR) is 87.7 cm³/mol. The highest BCUT2D eigenvalue weighted by molar-refractivity contribution is 5.76. The van der Waals surface area contributed by atoms with Crippen molar-refractivity contribution in [2.75, 3.05) is 20.3 Å². The van der Waals surface area contributed by atoms with E-state index in [4.69, 9.17) is 9.47 Å². The smallest absolute Gasteiger partial charge is 0.293 e. The second kappa shape index (κ2) is 7.17. The highest BCUT2D eigenvalue weighted by atomic mass is 16.5. The predicted octanol–water partition coefficient (Wildman–Crippen LogP) is 1.66. The van der Waals surface area contributed by atoms with Crippen LogP contribution in [0.5, 0.6) is 5.75 Å². The van der Waals surface area contributed by atoms with Crippen LogP contribution in [0.2, 0.25) is 0 Å². The van der Waals surface area contributed by atoms with Crippen molar-refractivity contribution in [1.29, 1.82) is 0 Å². The first-order chi connectivity index (χ1) is 10.9. The SMILES string of the molecule is CCN(C(=O)Cn1cccc(OC)c1=O)C1CCOC(C)(C)C1. The first kappa shape index (κ1) is 17.5. The van der Waals surface area contributed by atoms with Gasteiger partial charge in [0.2, 0.25) is 5.91 Å². The molecule has 1 amide bonds. The van der Waals surface area contributed by atoms with E-state index in [1.165, 1.54) is 11.7 Å². The molecular formula is C17H26N2O4. The Balaban J connectivity index is 2.13. The van der Waals surface area contributed by atoms with Crippen LogP contribution in [0.3, 0.4) is 0 Å². The summed E-state index contributed by atoms with van der Waals surface area (Å²) in [6.07, 6.45) is 3.25. The standard InChI is InChI=1S/C17H26N2O4/c1-5-19(13-8-10-23-17(2,3)11-13)15(20)12-18-9-6-7-14(22-4)16(18)21/h6-7,9,13H,5,8,10-12H2,1-4H3. The van der Waals surface area contributed by atoms with Crippen molar-refractivity contribution in [2.45, 2.75) is 51.8 Å². The van der Waals surface area contributed by atoms with E-state index in [9.17, 15) is 9.59 Å². The average Bonchev–Trinajstić information content (AvgIpc) is 2.49. The first-order valence-corrected chi connectivity index (χ1v) is 8.05. The lowest BCUT2D eigenvalue weighted by Gasteiger charge is -2.41. The van der Waals surface area contributed by atoms with Crippen molar-refractivity contribution in [2.24, 2.45) is 0 Å². The summed E-state index contributed by atoms with van der Waals surface area (Å²) in [5.74, 6) is 0.195. The number of hydrogen-bond donors (Lipinski definition) is 0. The van der Waals surface area contributed by atoms with Crippen molar-refractivity contribution in [3.8, 4) is 5.75 Å². The van der Waals surface area contributed by atoms with E-state index in [0.717, 1.165) is 12.8 Å². The Morgan fingerprint density at radius 1 is 1.52 bits per heavy atom. The minimum atomic E-state index is -0.285. The van der Waals surface area contributed by atoms with Crippen LogP contribution in [-0.2, 0) is 16.1 Å². The van der Waals surface area contributed by atoms with Crippen molar-refractivity contribution in [3.05, 3.63) is 28.7 Å². The Labute approximate surface area is 137 Å². The quantitative estimate of drug-likeness (QED) is 0.827. The van der Waals surface area contributed by atoms with E-state index in [1.54, 1.807) is 18.3 Å². The van der Waals surface area contributed by atoms with Gasteiger partial charge in [0, 0.05) is 25.4 Å². The number of likely N-dealkylation sites (N-methyl/N-ethyl adjacent to an activating group) is 1. The average molecular weight is 322 g/mol. The third kappa shape index (κ3) is 4.13. The van der Waals surface area contributed by atoms with E-state index < -0.39 is 0 Å². The second-order valence-electron chi connectivity index (χ2n) is 6.44. The fraction of sp³-hybridized carbons (Fsp3) is 0.647. The molecule has 0 saturated carbocycles. The van der Waals surface area contributed by atoms with Gasteiger partial charge in [-0.25, -0.2) is 0 Å². The summed E-state index contributed by atoms with van der Waals surface area (Å²) in [5.41, 5.74) is -0.504. The summed E-state index contributed by atoms with van der Waals surface area (Å²) in [6, 6.07) is 3.46. The van der Waals surface area contributed by atoms with Crippen LogP contribution in [0.4, 0.5) is 0 Å². The molecule has 0 aliphatic carbocycles. The molecule has 1 atom stereocenters. The molecule has 0 spiro atoms. The molecule has 1 saturated heterocycles. The molecule has 1 aliphatic heterocycles. The monoisotopic (exact) mass is 322 g/mol. The van der Waals surface area contributed by atoms with Crippen LogP contribution in [-0.4, -0.2) is 47.3 Å². The maximum absolute atomic E-state index is 12.7. The van der Waals surface area contributed by atoms with E-state index >= 15 is 0 Å². The maximum atomic E-state index is 12.7. The molecule has 0 bridgehead atoms. The van der Waals surface area contributed by atoms with Gasteiger partial charge in [0.15, 0.2) is 5.75 Å². The molecule has 1 aliphatic rings. The number of carbonyl (C=O) groups excluding carboxylic acids is 1. The van der Waals surface area contributed by atoms with Crippen molar-refractivity contribution in [3.63, 3.8) is 0 Å². The lowest BCUT2D eigenvalue weighted by Crippen LogP contribution is -2.49. The molecular weight excluding hydrogens is 296 g/mol. The first-order valence-electron chi connectivity index (χ1n) is 8.05. The molecule has 1 fully saturated rings. The van der Waals surface area contributed by atoms with Gasteiger partial charge in [0.05, 0.1) is 12.7 Å². The minimum Gasteiger partial charge on any atom is -0.491 e. The summed E-state index contributed by atoms with van der Waals surface area (Å²) in [4.78, 5) is 26.7. The van der Waals surface area contributed by atoms with Crippen LogP contribution >= 0.6 is 0 Å². The van der Waals surface area contributed by atoms with Gasteiger partial charge in [0.1, 0.15) is 6.54 Å². The highest BCUT2D eigenvalue weighted by Gasteiger charge is 2.33. The number of aromatic nitrogens is 1. The molecule has 1 aromatic heterocycles. The van der Waals surface area contributed by atoms with Crippen LogP contribution in [0.25, 0.3) is 0 Å². The molecule has 2 rings (SSSR count). The van der Waals surface area contributed by atoms with E-state index in [0.29, 0.717) is 13.2 Å². The topological polar surface area (TPSA) is 60.8 Å². The van der Waals surface area contributed by atoms with E-state index in [-0.39, 0.29) is 35.4 Å². The van der Waals surface area contributed by atoms with Gasteiger partial charge in [-0.05, 0) is 45.7 Å². The maximum Gasteiger partial charge on any atom is 0.293 e. The van der Waals surface area contributed by atoms with Gasteiger partial charge in [0.25, 0.3) is 5.56 Å². The summed E-state index contributed by atoms with van der Waals surface area (Å²) >= 11 is 0. The Kier molecular flexibility index (Phi) is 5.46. The Bertz CT molecular complexity index is 609. The Morgan fingerprint density at radius 3 is 2.87 bits per heavy atom. The lowest BCUT2D eigenvalue weighted by atomic mass is 9.92. The van der Waals surface area contributed by atoms with Crippen LogP contribution < -0.4 is 10.3 Å². The number of amides is 1. The van der Waals surface area contributed by atoms with Crippen LogP contribution in [0, 0.1) is 0 Å². The highest BCUT2D eigenvalue weighted by Crippen LogP contribution is 2.27. The number of methoxy groups -OCH3 is 1. The van der Waals surface area contributed by atoms with Gasteiger partial charge >= 0.3 is 0 Å². The summed E-state index contributed by atoms with van der Waals surface area (Å²) in [6.45, 7) is 7.36. The zero-order valence-corrected chi connectivity index (χ0v) is 14.4. The molecule has 1 unspecified atom stereocenters. The van der Waals surface area contributed by atoms with E-state index in [1.807, 2.05) is 25.7 Å². The van der Waals surface area contributed by atoms with Crippen molar-refractivity contribution >= 4 is 5.91 Å². The van der Waals surface area contributed by atoms with Crippen LogP contribution in [0.1, 0.15) is 33.6 Å². The van der Waals surface area contributed by atoms with E-state index in [2.05, 4.69) is 0 Å². The van der Waals surface area contributed by atoms with Gasteiger partial charge in [-0.3, -0.25) is 9.59 Å². The number of hydrogen-bond acceptors (Lipinski definition) is 4. The zero-order valence-electron chi connectivity index (χ0n) is 14.4. The van der Waals surface area contributed by atoms with Crippen LogP contribution in [0.15, 0.2) is 23.1 Å². The third-order valence-corrected chi connectivity index (χ3v) is 4.28. The molecule has 23 heavy (non-hydrogen) atoms. The summed E-state index contributed by atoms with van der Waals surface area (Å²) < 4.78 is 12.1. The number of pyridine rings is 1. The molecule has 6 heteroatoms. The lowest BCUT2D eigenvalue weighted by molar-refractivity contribution is -0.140. The molecule has 0 radical (unpaired) electrons. The Morgan fingerprint density at radius 2 is 2.26 bits per heavy atom. The number of rotatable bonds is 5. The van der Waals surface area contributed by atoms with Gasteiger partial charge < -0.3 is 18.9 Å². The molecule has 6 nitrogen and oxygen atoms in total. The molecule has 2 heterocycles. The minimum absolute atomic E-state index is 0.0294. The van der Waals surface area contributed by atoms with Gasteiger partial charge in [-0.2, -0.15) is 0 Å². The number of carbonyl (C=O) groups is 1.